The first-order valence-electron chi connectivity index (χ1n) is 13.7. The Bertz CT molecular complexity index is 1410. The number of rotatable bonds is 13. The third-order valence-corrected chi connectivity index (χ3v) is 9.52. The molecule has 0 aliphatic carbocycles. The summed E-state index contributed by atoms with van der Waals surface area (Å²) in [4.78, 5) is 29.0. The Balaban J connectivity index is 2.09. The SMILES string of the molecule is CCc1ccc(N(CC(=O)N(Cc2c(Cl)cccc2Cl)[C@H](CC)C(=O)N[C@@H](C)CC)S(=O)(=O)c2ccccc2)cc1. The molecule has 0 aliphatic rings. The molecule has 1 N–H and O–H groups in total. The van der Waals surface area contributed by atoms with Crippen LogP contribution in [0.4, 0.5) is 5.69 Å². The fraction of sp³-hybridized carbons (Fsp3) is 0.355. The number of sulfonamides is 1. The molecule has 7 nitrogen and oxygen atoms in total. The maximum absolute atomic E-state index is 14.2. The van der Waals surface area contributed by atoms with Crippen molar-refractivity contribution in [2.45, 2.75) is 70.5 Å². The van der Waals surface area contributed by atoms with Gasteiger partial charge in [-0.3, -0.25) is 13.9 Å². The van der Waals surface area contributed by atoms with Crippen molar-refractivity contribution < 1.29 is 18.0 Å². The standard InChI is InChI=1S/C31H37Cl2N3O4S/c1-5-22(4)34-31(38)29(7-3)35(20-26-27(32)14-11-15-28(26)33)30(37)21-36(24-18-16-23(6-2)17-19-24)41(39,40)25-12-9-8-10-13-25/h8-19,22,29H,5-7,20-21H2,1-4H3,(H,34,38)/t22-,29+/m0/s1. The van der Waals surface area contributed by atoms with Gasteiger partial charge in [0.15, 0.2) is 0 Å². The van der Waals surface area contributed by atoms with Gasteiger partial charge in [0.1, 0.15) is 12.6 Å². The van der Waals surface area contributed by atoms with Crippen molar-refractivity contribution in [3.8, 4) is 0 Å². The first kappa shape index (κ1) is 32.4. The second kappa shape index (κ2) is 14.7. The van der Waals surface area contributed by atoms with E-state index in [4.69, 9.17) is 23.2 Å². The van der Waals surface area contributed by atoms with Crippen LogP contribution in [0.3, 0.4) is 0 Å². The van der Waals surface area contributed by atoms with E-state index >= 15 is 0 Å². The van der Waals surface area contributed by atoms with E-state index in [1.165, 1.54) is 17.0 Å². The van der Waals surface area contributed by atoms with Crippen molar-refractivity contribution in [2.75, 3.05) is 10.8 Å². The summed E-state index contributed by atoms with van der Waals surface area (Å²) < 4.78 is 28.9. The molecule has 220 valence electrons. The summed E-state index contributed by atoms with van der Waals surface area (Å²) in [6.07, 6.45) is 1.79. The fourth-order valence-corrected chi connectivity index (χ4v) is 6.31. The zero-order chi connectivity index (χ0) is 30.2. The van der Waals surface area contributed by atoms with E-state index in [-0.39, 0.29) is 23.4 Å². The molecule has 3 aromatic rings. The number of carbonyl (C=O) groups excluding carboxylic acids is 2. The summed E-state index contributed by atoms with van der Waals surface area (Å²) in [5.74, 6) is -0.894. The first-order valence-corrected chi connectivity index (χ1v) is 15.9. The van der Waals surface area contributed by atoms with Crippen molar-refractivity contribution in [1.29, 1.82) is 0 Å². The molecule has 0 spiro atoms. The highest BCUT2D eigenvalue weighted by Gasteiger charge is 2.34. The average molecular weight is 619 g/mol. The summed E-state index contributed by atoms with van der Waals surface area (Å²) in [5, 5.41) is 3.64. The van der Waals surface area contributed by atoms with E-state index in [0.717, 1.165) is 16.3 Å². The van der Waals surface area contributed by atoms with Gasteiger partial charge < -0.3 is 10.2 Å². The molecule has 0 saturated heterocycles. The Morgan fingerprint density at radius 1 is 0.854 bits per heavy atom. The van der Waals surface area contributed by atoms with Crippen LogP contribution < -0.4 is 9.62 Å². The van der Waals surface area contributed by atoms with E-state index in [1.807, 2.05) is 32.9 Å². The monoisotopic (exact) mass is 617 g/mol. The number of nitrogens with zero attached hydrogens (tertiary/aromatic N) is 2. The number of carbonyl (C=O) groups is 2. The van der Waals surface area contributed by atoms with Crippen LogP contribution in [0.2, 0.25) is 10.0 Å². The van der Waals surface area contributed by atoms with Crippen LogP contribution >= 0.6 is 23.2 Å². The largest absolute Gasteiger partial charge is 0.352 e. The quantitative estimate of drug-likeness (QED) is 0.238. The van der Waals surface area contributed by atoms with Crippen LogP contribution in [-0.4, -0.2) is 43.8 Å². The van der Waals surface area contributed by atoms with E-state index in [0.29, 0.717) is 34.1 Å². The fourth-order valence-electron chi connectivity index (χ4n) is 4.36. The molecule has 3 rings (SSSR count). The minimum absolute atomic E-state index is 0.0506. The molecular weight excluding hydrogens is 581 g/mol. The van der Waals surface area contributed by atoms with Gasteiger partial charge in [0.25, 0.3) is 10.0 Å². The normalized spacial score (nSPS) is 12.8. The Hall–Kier alpha value is -3.07. The van der Waals surface area contributed by atoms with Gasteiger partial charge in [-0.15, -0.1) is 0 Å². The van der Waals surface area contributed by atoms with Crippen molar-refractivity contribution >= 4 is 50.7 Å². The first-order chi connectivity index (χ1) is 19.5. The molecule has 0 unspecified atom stereocenters. The molecule has 0 fully saturated rings. The summed E-state index contributed by atoms with van der Waals surface area (Å²) in [6, 6.07) is 19.0. The topological polar surface area (TPSA) is 86.8 Å². The molecule has 2 amide bonds. The second-order valence-corrected chi connectivity index (χ2v) is 12.5. The minimum atomic E-state index is -4.13. The lowest BCUT2D eigenvalue weighted by molar-refractivity contribution is -0.140. The second-order valence-electron chi connectivity index (χ2n) is 9.81. The zero-order valence-electron chi connectivity index (χ0n) is 23.8. The van der Waals surface area contributed by atoms with Crippen LogP contribution in [0.1, 0.15) is 51.7 Å². The van der Waals surface area contributed by atoms with Gasteiger partial charge in [0.2, 0.25) is 11.8 Å². The van der Waals surface area contributed by atoms with Gasteiger partial charge in [-0.2, -0.15) is 0 Å². The summed E-state index contributed by atoms with van der Waals surface area (Å²) >= 11 is 12.9. The minimum Gasteiger partial charge on any atom is -0.352 e. The molecule has 0 aliphatic heterocycles. The van der Waals surface area contributed by atoms with E-state index in [2.05, 4.69) is 5.32 Å². The predicted octanol–water partition coefficient (Wildman–Crippen LogP) is 6.47. The van der Waals surface area contributed by atoms with Crippen LogP contribution in [0.5, 0.6) is 0 Å². The van der Waals surface area contributed by atoms with Crippen molar-refractivity contribution in [1.82, 2.24) is 10.2 Å². The highest BCUT2D eigenvalue weighted by Crippen LogP contribution is 2.29. The van der Waals surface area contributed by atoms with Gasteiger partial charge >= 0.3 is 0 Å². The van der Waals surface area contributed by atoms with Crippen molar-refractivity contribution in [3.05, 3.63) is 94.0 Å². The number of anilines is 1. The Morgan fingerprint density at radius 2 is 1.46 bits per heavy atom. The van der Waals surface area contributed by atoms with E-state index in [1.54, 1.807) is 55.5 Å². The number of nitrogens with one attached hydrogen (secondary N) is 1. The van der Waals surface area contributed by atoms with Crippen LogP contribution in [0.25, 0.3) is 0 Å². The molecule has 0 bridgehead atoms. The summed E-state index contributed by atoms with van der Waals surface area (Å²) in [6.45, 7) is 7.04. The van der Waals surface area contributed by atoms with Crippen LogP contribution in [0.15, 0.2) is 77.7 Å². The van der Waals surface area contributed by atoms with Crippen molar-refractivity contribution in [3.63, 3.8) is 0 Å². The molecule has 0 radical (unpaired) electrons. The summed E-state index contributed by atoms with van der Waals surface area (Å²) in [7, 11) is -4.13. The molecule has 3 aromatic carbocycles. The van der Waals surface area contributed by atoms with E-state index in [9.17, 15) is 18.0 Å². The van der Waals surface area contributed by atoms with Crippen LogP contribution in [0, 0.1) is 0 Å². The molecule has 10 heteroatoms. The molecule has 41 heavy (non-hydrogen) atoms. The lowest BCUT2D eigenvalue weighted by Crippen LogP contribution is -2.53. The van der Waals surface area contributed by atoms with Gasteiger partial charge in [-0.05, 0) is 68.1 Å². The Morgan fingerprint density at radius 3 is 2.00 bits per heavy atom. The third kappa shape index (κ3) is 8.03. The third-order valence-electron chi connectivity index (χ3n) is 7.02. The Kier molecular flexibility index (Phi) is 11.6. The Labute approximate surface area is 253 Å². The zero-order valence-corrected chi connectivity index (χ0v) is 26.1. The molecule has 0 saturated carbocycles. The maximum atomic E-state index is 14.2. The number of benzene rings is 3. The molecular formula is C31H37Cl2N3O4S. The number of amides is 2. The highest BCUT2D eigenvalue weighted by molar-refractivity contribution is 7.92. The van der Waals surface area contributed by atoms with Gasteiger partial charge in [0, 0.05) is 28.2 Å². The lowest BCUT2D eigenvalue weighted by Gasteiger charge is -2.34. The lowest BCUT2D eigenvalue weighted by atomic mass is 10.1. The maximum Gasteiger partial charge on any atom is 0.264 e. The molecule has 0 aromatic heterocycles. The van der Waals surface area contributed by atoms with Gasteiger partial charge in [0.05, 0.1) is 10.6 Å². The number of aryl methyl sites for hydroxylation is 1. The van der Waals surface area contributed by atoms with Crippen molar-refractivity contribution in [2.24, 2.45) is 0 Å². The van der Waals surface area contributed by atoms with Gasteiger partial charge in [-0.25, -0.2) is 8.42 Å². The smallest absolute Gasteiger partial charge is 0.264 e. The average Bonchev–Trinajstić information content (AvgIpc) is 2.97. The predicted molar refractivity (Wildman–Crippen MR) is 166 cm³/mol. The highest BCUT2D eigenvalue weighted by atomic mass is 35.5. The number of halogens is 2. The number of hydrogen-bond acceptors (Lipinski definition) is 4. The van der Waals surface area contributed by atoms with E-state index < -0.39 is 28.5 Å². The molecule has 0 heterocycles. The molecule has 2 atom stereocenters. The van der Waals surface area contributed by atoms with Gasteiger partial charge in [-0.1, -0.05) is 80.4 Å². The number of hydrogen-bond donors (Lipinski definition) is 1. The summed E-state index contributed by atoms with van der Waals surface area (Å²) in [5.41, 5.74) is 1.84. The van der Waals surface area contributed by atoms with Crippen LogP contribution in [-0.2, 0) is 32.6 Å².